The molecule has 200 valence electrons. The van der Waals surface area contributed by atoms with Crippen LogP contribution >= 0.6 is 0 Å². The summed E-state index contributed by atoms with van der Waals surface area (Å²) in [6, 6.07) is 17.9. The standard InChI is InChI=1S/C31H33F3N2O2/c1-19-11-21-12-20(2)17-30(16-19,18-21)22-7-9-24(10-8-22)35-25-13-23(31(32,33)34)14-26(15-25)36-28-6-4-3-5-27(28)29(37)38/h3-10,13-15,19-21,35-36H,11-12,16-18H2,1-2H3,(H,37,38). The van der Waals surface area contributed by atoms with Crippen LogP contribution < -0.4 is 10.6 Å². The zero-order chi connectivity index (χ0) is 27.1. The van der Waals surface area contributed by atoms with E-state index in [1.54, 1.807) is 18.2 Å². The minimum Gasteiger partial charge on any atom is -0.478 e. The molecule has 2 saturated carbocycles. The number of alkyl halides is 3. The van der Waals surface area contributed by atoms with Crippen LogP contribution in [0.2, 0.25) is 0 Å². The predicted molar refractivity (Wildman–Crippen MR) is 144 cm³/mol. The van der Waals surface area contributed by atoms with Gasteiger partial charge in [-0.05, 0) is 103 Å². The summed E-state index contributed by atoms with van der Waals surface area (Å²) in [7, 11) is 0. The molecular formula is C31H33F3N2O2. The van der Waals surface area contributed by atoms with Crippen LogP contribution in [0.5, 0.6) is 0 Å². The predicted octanol–water partition coefficient (Wildman–Crippen LogP) is 8.99. The first-order valence-corrected chi connectivity index (χ1v) is 13.2. The number of hydrogen-bond acceptors (Lipinski definition) is 3. The van der Waals surface area contributed by atoms with Crippen LogP contribution in [0.1, 0.15) is 67.4 Å². The maximum atomic E-state index is 13.7. The number of benzene rings is 3. The molecule has 0 saturated heterocycles. The number of carboxylic acids is 1. The summed E-state index contributed by atoms with van der Waals surface area (Å²) >= 11 is 0. The monoisotopic (exact) mass is 522 g/mol. The van der Waals surface area contributed by atoms with Gasteiger partial charge in [-0.1, -0.05) is 38.1 Å². The minimum atomic E-state index is -4.56. The van der Waals surface area contributed by atoms with E-state index >= 15 is 0 Å². The molecule has 0 heterocycles. The molecule has 2 atom stereocenters. The smallest absolute Gasteiger partial charge is 0.416 e. The summed E-state index contributed by atoms with van der Waals surface area (Å²) in [6.45, 7) is 4.70. The molecule has 0 radical (unpaired) electrons. The van der Waals surface area contributed by atoms with Gasteiger partial charge in [-0.15, -0.1) is 0 Å². The van der Waals surface area contributed by atoms with Crippen molar-refractivity contribution in [2.24, 2.45) is 17.8 Å². The number of hydrogen-bond donors (Lipinski definition) is 3. The number of para-hydroxylation sites is 1. The molecule has 0 aliphatic heterocycles. The number of aromatic carboxylic acids is 1. The van der Waals surface area contributed by atoms with Gasteiger partial charge in [0.25, 0.3) is 0 Å². The first-order chi connectivity index (χ1) is 18.0. The summed E-state index contributed by atoms with van der Waals surface area (Å²) in [4.78, 5) is 11.6. The molecule has 2 unspecified atom stereocenters. The fraction of sp³-hybridized carbons (Fsp3) is 0.387. The lowest BCUT2D eigenvalue weighted by atomic mass is 9.54. The number of carbonyl (C=O) groups is 1. The van der Waals surface area contributed by atoms with Gasteiger partial charge in [0, 0.05) is 17.1 Å². The summed E-state index contributed by atoms with van der Waals surface area (Å²) in [6.07, 6.45) is 1.62. The summed E-state index contributed by atoms with van der Waals surface area (Å²) < 4.78 is 41.2. The Labute approximate surface area is 221 Å². The lowest BCUT2D eigenvalue weighted by Crippen LogP contribution is -2.42. The number of fused-ring (bicyclic) bond motifs is 2. The molecule has 0 aromatic heterocycles. The van der Waals surface area contributed by atoms with Crippen molar-refractivity contribution in [2.45, 2.75) is 57.5 Å². The molecule has 2 bridgehead atoms. The first kappa shape index (κ1) is 26.1. The lowest BCUT2D eigenvalue weighted by molar-refractivity contribution is -0.137. The van der Waals surface area contributed by atoms with Crippen molar-refractivity contribution in [3.05, 3.63) is 83.4 Å². The second kappa shape index (κ2) is 10.0. The highest BCUT2D eigenvalue weighted by Crippen LogP contribution is 2.54. The minimum absolute atomic E-state index is 0.0225. The van der Waals surface area contributed by atoms with Crippen molar-refractivity contribution < 1.29 is 23.1 Å². The Balaban J connectivity index is 1.41. The average Bonchev–Trinajstić information content (AvgIpc) is 2.83. The number of carboxylic acid groups (broad SMARTS) is 1. The number of halogens is 3. The zero-order valence-electron chi connectivity index (χ0n) is 21.6. The summed E-state index contributed by atoms with van der Waals surface area (Å²) in [5.74, 6) is 0.995. The van der Waals surface area contributed by atoms with Gasteiger partial charge in [0.15, 0.2) is 0 Å². The third-order valence-electron chi connectivity index (χ3n) is 8.11. The van der Waals surface area contributed by atoms with Crippen LogP contribution in [-0.2, 0) is 11.6 Å². The fourth-order valence-electron chi connectivity index (χ4n) is 7.00. The van der Waals surface area contributed by atoms with Crippen molar-refractivity contribution in [3.8, 4) is 0 Å². The molecule has 0 spiro atoms. The van der Waals surface area contributed by atoms with Crippen LogP contribution in [0.3, 0.4) is 0 Å². The molecule has 3 N–H and O–H groups in total. The van der Waals surface area contributed by atoms with E-state index in [1.165, 1.54) is 49.8 Å². The molecule has 3 aromatic carbocycles. The van der Waals surface area contributed by atoms with Gasteiger partial charge in [0.1, 0.15) is 0 Å². The molecule has 5 rings (SSSR count). The number of rotatable bonds is 6. The Kier molecular flexibility index (Phi) is 6.88. The molecule has 2 aliphatic rings. The van der Waals surface area contributed by atoms with E-state index in [1.807, 2.05) is 12.1 Å². The van der Waals surface area contributed by atoms with Gasteiger partial charge >= 0.3 is 12.1 Å². The number of anilines is 4. The Morgan fingerprint density at radius 1 is 0.842 bits per heavy atom. The Morgan fingerprint density at radius 3 is 2.05 bits per heavy atom. The highest BCUT2D eigenvalue weighted by atomic mass is 19.4. The number of nitrogens with one attached hydrogen (secondary N) is 2. The Bertz CT molecular complexity index is 1300. The summed E-state index contributed by atoms with van der Waals surface area (Å²) in [5.41, 5.74) is 1.98. The van der Waals surface area contributed by atoms with Crippen LogP contribution in [-0.4, -0.2) is 11.1 Å². The van der Waals surface area contributed by atoms with Crippen LogP contribution in [0.4, 0.5) is 35.9 Å². The van der Waals surface area contributed by atoms with Crippen molar-refractivity contribution in [1.82, 2.24) is 0 Å². The Hall–Kier alpha value is -3.48. The van der Waals surface area contributed by atoms with Gasteiger partial charge in [-0.2, -0.15) is 13.2 Å². The Morgan fingerprint density at radius 2 is 1.45 bits per heavy atom. The van der Waals surface area contributed by atoms with E-state index in [0.29, 0.717) is 17.5 Å². The molecular weight excluding hydrogens is 489 g/mol. The van der Waals surface area contributed by atoms with Gasteiger partial charge in [0.2, 0.25) is 0 Å². The van der Waals surface area contributed by atoms with Gasteiger partial charge < -0.3 is 15.7 Å². The molecule has 0 amide bonds. The highest BCUT2D eigenvalue weighted by molar-refractivity contribution is 5.95. The summed E-state index contributed by atoms with van der Waals surface area (Å²) in [5, 5.41) is 15.4. The van der Waals surface area contributed by atoms with Crippen LogP contribution in [0, 0.1) is 17.8 Å². The quantitative estimate of drug-likeness (QED) is 0.302. The van der Waals surface area contributed by atoms with Crippen LogP contribution in [0.15, 0.2) is 66.7 Å². The van der Waals surface area contributed by atoms with E-state index in [4.69, 9.17) is 0 Å². The van der Waals surface area contributed by atoms with Crippen LogP contribution in [0.25, 0.3) is 0 Å². The van der Waals surface area contributed by atoms with E-state index in [2.05, 4.69) is 36.6 Å². The van der Waals surface area contributed by atoms with Crippen molar-refractivity contribution in [1.29, 1.82) is 0 Å². The lowest BCUT2D eigenvalue weighted by Gasteiger charge is -2.50. The van der Waals surface area contributed by atoms with Gasteiger partial charge in [-0.3, -0.25) is 0 Å². The molecule has 3 aromatic rings. The van der Waals surface area contributed by atoms with E-state index in [0.717, 1.165) is 18.1 Å². The molecule has 2 aliphatic carbocycles. The third-order valence-corrected chi connectivity index (χ3v) is 8.11. The largest absolute Gasteiger partial charge is 0.478 e. The average molecular weight is 523 g/mol. The first-order valence-electron chi connectivity index (χ1n) is 13.2. The van der Waals surface area contributed by atoms with Gasteiger partial charge in [-0.25, -0.2) is 4.79 Å². The second-order valence-electron chi connectivity index (χ2n) is 11.4. The maximum absolute atomic E-state index is 13.7. The molecule has 38 heavy (non-hydrogen) atoms. The molecule has 2 fully saturated rings. The van der Waals surface area contributed by atoms with Gasteiger partial charge in [0.05, 0.1) is 16.8 Å². The normalized spacial score (nSPS) is 25.0. The maximum Gasteiger partial charge on any atom is 0.416 e. The second-order valence-corrected chi connectivity index (χ2v) is 11.4. The van der Waals surface area contributed by atoms with Crippen molar-refractivity contribution >= 4 is 28.7 Å². The van der Waals surface area contributed by atoms with Crippen molar-refractivity contribution in [2.75, 3.05) is 10.6 Å². The molecule has 4 nitrogen and oxygen atoms in total. The topological polar surface area (TPSA) is 61.4 Å². The zero-order valence-corrected chi connectivity index (χ0v) is 21.6. The highest BCUT2D eigenvalue weighted by Gasteiger charge is 2.45. The van der Waals surface area contributed by atoms with E-state index in [9.17, 15) is 23.1 Å². The third kappa shape index (κ3) is 5.52. The SMILES string of the molecule is CC1CC2CC(C)CC(c3ccc(Nc4cc(Nc5ccccc5C(=O)O)cc(C(F)(F)F)c4)cc3)(C1)C2. The van der Waals surface area contributed by atoms with Crippen molar-refractivity contribution in [3.63, 3.8) is 0 Å². The van der Waals surface area contributed by atoms with E-state index in [-0.39, 0.29) is 28.0 Å². The van der Waals surface area contributed by atoms with E-state index < -0.39 is 17.7 Å². The molecule has 7 heteroatoms. The fourth-order valence-corrected chi connectivity index (χ4v) is 7.00.